The predicted octanol–water partition coefficient (Wildman–Crippen LogP) is 4.46. The number of benzene rings is 2. The van der Waals surface area contributed by atoms with E-state index in [1.54, 1.807) is 17.0 Å². The summed E-state index contributed by atoms with van der Waals surface area (Å²) in [5, 5.41) is 4.77. The Balaban J connectivity index is 1.19. The summed E-state index contributed by atoms with van der Waals surface area (Å²) in [7, 11) is 0. The molecule has 2 amide bonds. The zero-order valence-electron chi connectivity index (χ0n) is 18.4. The van der Waals surface area contributed by atoms with E-state index >= 15 is 0 Å². The lowest BCUT2D eigenvalue weighted by Crippen LogP contribution is -2.42. The van der Waals surface area contributed by atoms with Crippen LogP contribution in [0.25, 0.3) is 11.5 Å². The molecule has 2 saturated heterocycles. The van der Waals surface area contributed by atoms with Gasteiger partial charge in [-0.2, -0.15) is 4.98 Å². The number of likely N-dealkylation sites (tertiary alicyclic amines) is 1. The molecule has 2 aliphatic heterocycles. The van der Waals surface area contributed by atoms with Crippen molar-refractivity contribution >= 4 is 29.1 Å². The van der Waals surface area contributed by atoms with Gasteiger partial charge in [-0.15, -0.1) is 0 Å². The highest BCUT2D eigenvalue weighted by Gasteiger charge is 2.38. The number of piperidine rings is 1. The van der Waals surface area contributed by atoms with Gasteiger partial charge in [-0.25, -0.2) is 0 Å². The second-order valence-corrected chi connectivity index (χ2v) is 9.25. The van der Waals surface area contributed by atoms with Crippen molar-refractivity contribution < 1.29 is 14.1 Å². The van der Waals surface area contributed by atoms with Crippen molar-refractivity contribution in [2.24, 2.45) is 5.92 Å². The minimum absolute atomic E-state index is 0.0408. The van der Waals surface area contributed by atoms with Gasteiger partial charge < -0.3 is 14.3 Å². The third kappa shape index (κ3) is 4.50. The van der Waals surface area contributed by atoms with E-state index in [0.29, 0.717) is 36.4 Å². The zero-order valence-corrected chi connectivity index (χ0v) is 19.2. The maximum Gasteiger partial charge on any atom is 0.257 e. The average Bonchev–Trinajstić information content (AvgIpc) is 3.47. The molecule has 5 rings (SSSR count). The van der Waals surface area contributed by atoms with Crippen LogP contribution in [0.15, 0.2) is 53.1 Å². The summed E-state index contributed by atoms with van der Waals surface area (Å²) in [4.78, 5) is 33.8. The third-order valence-corrected chi connectivity index (χ3v) is 6.74. The molecule has 1 aromatic heterocycles. The molecule has 2 aliphatic rings. The molecule has 0 saturated carbocycles. The molecule has 0 N–H and O–H groups in total. The number of aromatic nitrogens is 2. The number of hydrogen-bond acceptors (Lipinski definition) is 5. The van der Waals surface area contributed by atoms with Crippen molar-refractivity contribution in [3.8, 4) is 11.5 Å². The molecule has 2 fully saturated rings. The summed E-state index contributed by atoms with van der Waals surface area (Å²) in [5.74, 6) is 1.05. The number of aryl methyl sites for hydroxylation is 1. The zero-order chi connectivity index (χ0) is 22.9. The van der Waals surface area contributed by atoms with Crippen LogP contribution in [0.4, 0.5) is 5.69 Å². The number of hydrogen-bond donors (Lipinski definition) is 0. The Morgan fingerprint density at radius 1 is 1.12 bits per heavy atom. The van der Waals surface area contributed by atoms with Gasteiger partial charge in [-0.1, -0.05) is 40.5 Å². The van der Waals surface area contributed by atoms with Gasteiger partial charge in [0.15, 0.2) is 5.82 Å². The summed E-state index contributed by atoms with van der Waals surface area (Å²) < 4.78 is 5.48. The van der Waals surface area contributed by atoms with Crippen LogP contribution in [0.2, 0.25) is 5.02 Å². The van der Waals surface area contributed by atoms with Crippen LogP contribution < -0.4 is 4.90 Å². The molecular formula is C25H25ClN4O3. The molecule has 0 aliphatic carbocycles. The Labute approximate surface area is 197 Å². The normalized spacial score (nSPS) is 19.3. The summed E-state index contributed by atoms with van der Waals surface area (Å²) >= 11 is 6.07. The minimum atomic E-state index is -0.327. The molecule has 7 nitrogen and oxygen atoms in total. The largest absolute Gasteiger partial charge is 0.342 e. The maximum atomic E-state index is 13.1. The van der Waals surface area contributed by atoms with Gasteiger partial charge in [-0.05, 0) is 50.1 Å². The number of anilines is 1. The summed E-state index contributed by atoms with van der Waals surface area (Å²) in [6.45, 7) is 3.68. The Morgan fingerprint density at radius 3 is 2.61 bits per heavy atom. The average molecular weight is 465 g/mol. The molecule has 8 heteroatoms. The smallest absolute Gasteiger partial charge is 0.257 e. The van der Waals surface area contributed by atoms with Crippen LogP contribution in [0.3, 0.4) is 0 Å². The predicted molar refractivity (Wildman–Crippen MR) is 125 cm³/mol. The van der Waals surface area contributed by atoms with Crippen LogP contribution in [-0.2, 0) is 9.59 Å². The Morgan fingerprint density at radius 2 is 1.88 bits per heavy atom. The Hall–Kier alpha value is -3.19. The van der Waals surface area contributed by atoms with Crippen LogP contribution in [0.5, 0.6) is 0 Å². The van der Waals surface area contributed by atoms with Gasteiger partial charge in [-0.3, -0.25) is 9.59 Å². The molecule has 0 spiro atoms. The summed E-state index contributed by atoms with van der Waals surface area (Å²) in [5.41, 5.74) is 2.82. The number of carbonyl (C=O) groups is 2. The lowest BCUT2D eigenvalue weighted by molar-refractivity contribution is -0.136. The van der Waals surface area contributed by atoms with E-state index in [-0.39, 0.29) is 30.1 Å². The maximum absolute atomic E-state index is 13.1. The molecule has 170 valence electrons. The molecule has 2 aromatic carbocycles. The van der Waals surface area contributed by atoms with E-state index in [1.807, 2.05) is 48.2 Å². The summed E-state index contributed by atoms with van der Waals surface area (Å²) in [6, 6.07) is 15.2. The Bertz CT molecular complexity index is 1170. The third-order valence-electron chi connectivity index (χ3n) is 6.51. The Kier molecular flexibility index (Phi) is 5.89. The van der Waals surface area contributed by atoms with E-state index in [4.69, 9.17) is 16.1 Å². The van der Waals surface area contributed by atoms with Crippen LogP contribution in [-0.4, -0.2) is 46.5 Å². The van der Waals surface area contributed by atoms with Gasteiger partial charge in [0.1, 0.15) is 0 Å². The van der Waals surface area contributed by atoms with Gasteiger partial charge >= 0.3 is 0 Å². The van der Waals surface area contributed by atoms with Crippen molar-refractivity contribution in [3.63, 3.8) is 0 Å². The van der Waals surface area contributed by atoms with E-state index in [1.165, 1.54) is 5.56 Å². The monoisotopic (exact) mass is 464 g/mol. The first-order chi connectivity index (χ1) is 16.0. The minimum Gasteiger partial charge on any atom is -0.342 e. The first-order valence-corrected chi connectivity index (χ1v) is 11.6. The second-order valence-electron chi connectivity index (χ2n) is 8.81. The van der Waals surface area contributed by atoms with Gasteiger partial charge in [0.05, 0.1) is 5.92 Å². The highest BCUT2D eigenvalue weighted by Crippen LogP contribution is 2.32. The number of nitrogens with zero attached hydrogens (tertiary/aromatic N) is 4. The van der Waals surface area contributed by atoms with E-state index in [2.05, 4.69) is 10.1 Å². The van der Waals surface area contributed by atoms with Gasteiger partial charge in [0.25, 0.3) is 5.89 Å². The highest BCUT2D eigenvalue weighted by molar-refractivity contribution is 6.31. The molecule has 3 aromatic rings. The van der Waals surface area contributed by atoms with Crippen LogP contribution in [0.1, 0.15) is 36.6 Å². The standard InChI is InChI=1S/C25H25ClN4O3/c1-16-5-7-18(8-6-16)24-27-23(28-33-24)17-9-11-29(12-10-17)25(32)19-13-22(31)30(15-19)21-4-2-3-20(26)14-21/h2-8,14,17,19H,9-13,15H2,1H3. The van der Waals surface area contributed by atoms with E-state index < -0.39 is 0 Å². The fourth-order valence-electron chi connectivity index (χ4n) is 4.60. The van der Waals surface area contributed by atoms with E-state index in [0.717, 1.165) is 24.1 Å². The summed E-state index contributed by atoms with van der Waals surface area (Å²) in [6.07, 6.45) is 1.78. The SMILES string of the molecule is Cc1ccc(-c2nc(C3CCN(C(=O)C4CC(=O)N(c5cccc(Cl)c5)C4)CC3)no2)cc1. The quantitative estimate of drug-likeness (QED) is 0.569. The van der Waals surface area contributed by atoms with Crippen molar-refractivity contribution in [1.82, 2.24) is 15.0 Å². The van der Waals surface area contributed by atoms with Crippen molar-refractivity contribution in [2.75, 3.05) is 24.5 Å². The molecule has 0 bridgehead atoms. The number of carbonyl (C=O) groups excluding carboxylic acids is 2. The molecule has 1 atom stereocenters. The van der Waals surface area contributed by atoms with Crippen LogP contribution in [0, 0.1) is 12.8 Å². The lowest BCUT2D eigenvalue weighted by atomic mass is 9.95. The van der Waals surface area contributed by atoms with Gasteiger partial charge in [0, 0.05) is 48.2 Å². The first-order valence-electron chi connectivity index (χ1n) is 11.2. The van der Waals surface area contributed by atoms with Crippen LogP contribution >= 0.6 is 11.6 Å². The molecule has 1 unspecified atom stereocenters. The topological polar surface area (TPSA) is 79.5 Å². The fraction of sp³-hybridized carbons (Fsp3) is 0.360. The van der Waals surface area contributed by atoms with Crippen molar-refractivity contribution in [1.29, 1.82) is 0 Å². The lowest BCUT2D eigenvalue weighted by Gasteiger charge is -2.32. The van der Waals surface area contributed by atoms with Crippen molar-refractivity contribution in [2.45, 2.75) is 32.1 Å². The van der Waals surface area contributed by atoms with E-state index in [9.17, 15) is 9.59 Å². The fourth-order valence-corrected chi connectivity index (χ4v) is 4.78. The second kappa shape index (κ2) is 8.98. The number of halogens is 1. The highest BCUT2D eigenvalue weighted by atomic mass is 35.5. The number of amides is 2. The number of rotatable bonds is 4. The molecule has 33 heavy (non-hydrogen) atoms. The first kappa shape index (κ1) is 21.6. The van der Waals surface area contributed by atoms with Crippen molar-refractivity contribution in [3.05, 3.63) is 64.9 Å². The molecular weight excluding hydrogens is 440 g/mol. The van der Waals surface area contributed by atoms with Gasteiger partial charge in [0.2, 0.25) is 11.8 Å². The molecule has 3 heterocycles. The molecule has 0 radical (unpaired) electrons.